The molecule has 0 aromatic heterocycles. The number of rotatable bonds is 43. The fourth-order valence-corrected chi connectivity index (χ4v) is 7.88. The Kier molecular flexibility index (Phi) is 40.9. The van der Waals surface area contributed by atoms with Crippen molar-refractivity contribution in [1.82, 2.24) is 5.32 Å². The van der Waals surface area contributed by atoms with Gasteiger partial charge < -0.3 is 40.3 Å². The molecule has 1 saturated heterocycles. The Hall–Kier alpha value is -2.11. The quantitative estimate of drug-likeness (QED) is 0.0262. The largest absolute Gasteiger partial charge is 0.394 e. The van der Waals surface area contributed by atoms with Gasteiger partial charge in [-0.3, -0.25) is 4.79 Å². The van der Waals surface area contributed by atoms with E-state index >= 15 is 0 Å². The lowest BCUT2D eigenvalue weighted by Crippen LogP contribution is -2.60. The van der Waals surface area contributed by atoms with Crippen molar-refractivity contribution in [2.75, 3.05) is 13.2 Å². The lowest BCUT2D eigenvalue weighted by Gasteiger charge is -2.40. The number of aliphatic hydroxyl groups is 5. The summed E-state index contributed by atoms with van der Waals surface area (Å²) in [5.74, 6) is -0.195. The van der Waals surface area contributed by atoms with Gasteiger partial charge in [-0.05, 0) is 70.6 Å². The van der Waals surface area contributed by atoms with E-state index in [0.717, 1.165) is 64.2 Å². The summed E-state index contributed by atoms with van der Waals surface area (Å²) < 4.78 is 11.2. The molecule has 0 spiro atoms. The van der Waals surface area contributed by atoms with Gasteiger partial charge in [-0.2, -0.15) is 0 Å². The van der Waals surface area contributed by atoms with Crippen LogP contribution < -0.4 is 5.32 Å². The fraction of sp³-hybridized carbons (Fsp3) is 0.796. The van der Waals surface area contributed by atoms with Gasteiger partial charge in [-0.1, -0.05) is 203 Å². The number of allylic oxidation sites excluding steroid dienone is 9. The van der Waals surface area contributed by atoms with Crippen LogP contribution in [-0.4, -0.2) is 87.5 Å². The first-order chi connectivity index (χ1) is 30.8. The van der Waals surface area contributed by atoms with Crippen molar-refractivity contribution in [2.24, 2.45) is 0 Å². The highest BCUT2D eigenvalue weighted by Crippen LogP contribution is 2.23. The van der Waals surface area contributed by atoms with Crippen LogP contribution in [0.4, 0.5) is 0 Å². The molecule has 1 aliphatic rings. The van der Waals surface area contributed by atoms with Crippen LogP contribution >= 0.6 is 0 Å². The lowest BCUT2D eigenvalue weighted by atomic mass is 9.99. The Morgan fingerprint density at radius 3 is 1.44 bits per heavy atom. The number of hydrogen-bond acceptors (Lipinski definition) is 8. The highest BCUT2D eigenvalue weighted by Gasteiger charge is 2.44. The molecule has 1 rings (SSSR count). The predicted molar refractivity (Wildman–Crippen MR) is 262 cm³/mol. The molecule has 6 N–H and O–H groups in total. The third kappa shape index (κ3) is 33.9. The fourth-order valence-electron chi connectivity index (χ4n) is 7.88. The van der Waals surface area contributed by atoms with E-state index < -0.39 is 49.5 Å². The maximum Gasteiger partial charge on any atom is 0.220 e. The first-order valence-electron chi connectivity index (χ1n) is 26.0. The average molecular weight is 888 g/mol. The van der Waals surface area contributed by atoms with Gasteiger partial charge in [0.2, 0.25) is 5.91 Å². The molecule has 0 aromatic carbocycles. The first-order valence-corrected chi connectivity index (χ1v) is 26.0. The molecule has 1 fully saturated rings. The molecule has 0 saturated carbocycles. The van der Waals surface area contributed by atoms with Crippen molar-refractivity contribution in [3.8, 4) is 0 Å². The van der Waals surface area contributed by atoms with Gasteiger partial charge >= 0.3 is 0 Å². The number of unbranched alkanes of at least 4 members (excludes halogenated alkanes) is 25. The third-order valence-electron chi connectivity index (χ3n) is 12.1. The monoisotopic (exact) mass is 888 g/mol. The number of aliphatic hydroxyl groups excluding tert-OH is 5. The van der Waals surface area contributed by atoms with E-state index in [4.69, 9.17) is 9.47 Å². The summed E-state index contributed by atoms with van der Waals surface area (Å²) in [7, 11) is 0. The van der Waals surface area contributed by atoms with Crippen molar-refractivity contribution in [2.45, 2.75) is 262 Å². The van der Waals surface area contributed by atoms with E-state index in [0.29, 0.717) is 6.42 Å². The van der Waals surface area contributed by atoms with Crippen LogP contribution in [0.5, 0.6) is 0 Å². The minimum atomic E-state index is -1.58. The van der Waals surface area contributed by atoms with Crippen LogP contribution in [0.2, 0.25) is 0 Å². The Balaban J connectivity index is 2.32. The number of amides is 1. The van der Waals surface area contributed by atoms with Crippen molar-refractivity contribution in [3.05, 3.63) is 60.8 Å². The van der Waals surface area contributed by atoms with Crippen LogP contribution in [0, 0.1) is 0 Å². The van der Waals surface area contributed by atoms with Gasteiger partial charge in [-0.15, -0.1) is 0 Å². The summed E-state index contributed by atoms with van der Waals surface area (Å²) in [6.07, 6.45) is 51.2. The van der Waals surface area contributed by atoms with Crippen molar-refractivity contribution in [3.63, 3.8) is 0 Å². The molecule has 9 nitrogen and oxygen atoms in total. The smallest absolute Gasteiger partial charge is 0.220 e. The molecule has 0 aromatic rings. The third-order valence-corrected chi connectivity index (χ3v) is 12.1. The second kappa shape index (κ2) is 43.8. The van der Waals surface area contributed by atoms with Crippen LogP contribution in [0.15, 0.2) is 60.8 Å². The molecule has 9 heteroatoms. The molecular formula is C54H97NO8. The highest BCUT2D eigenvalue weighted by atomic mass is 16.7. The molecule has 0 radical (unpaired) electrons. The second-order valence-electron chi connectivity index (χ2n) is 18.0. The first kappa shape index (κ1) is 58.9. The van der Waals surface area contributed by atoms with Gasteiger partial charge in [0.05, 0.1) is 25.4 Å². The zero-order valence-corrected chi connectivity index (χ0v) is 40.3. The maximum absolute atomic E-state index is 13.0. The topological polar surface area (TPSA) is 149 Å². The molecule has 7 atom stereocenters. The molecule has 0 aliphatic carbocycles. The number of nitrogens with one attached hydrogen (secondary N) is 1. The van der Waals surface area contributed by atoms with Gasteiger partial charge in [0, 0.05) is 6.42 Å². The molecule has 63 heavy (non-hydrogen) atoms. The molecule has 7 unspecified atom stereocenters. The molecule has 1 aliphatic heterocycles. The van der Waals surface area contributed by atoms with E-state index in [9.17, 15) is 30.3 Å². The highest BCUT2D eigenvalue weighted by molar-refractivity contribution is 5.76. The Morgan fingerprint density at radius 1 is 0.540 bits per heavy atom. The summed E-state index contributed by atoms with van der Waals surface area (Å²) in [4.78, 5) is 13.0. The van der Waals surface area contributed by atoms with Gasteiger partial charge in [0.1, 0.15) is 24.4 Å². The molecule has 0 bridgehead atoms. The lowest BCUT2D eigenvalue weighted by molar-refractivity contribution is -0.302. The summed E-state index contributed by atoms with van der Waals surface area (Å²) in [6, 6.07) is -0.828. The van der Waals surface area contributed by atoms with E-state index in [1.165, 1.54) is 135 Å². The normalized spacial score (nSPS) is 20.7. The minimum absolute atomic E-state index is 0.195. The zero-order valence-electron chi connectivity index (χ0n) is 40.3. The number of carbonyl (C=O) groups is 1. The van der Waals surface area contributed by atoms with E-state index in [1.807, 2.05) is 6.08 Å². The Labute approximate surface area is 386 Å². The number of ether oxygens (including phenoxy) is 2. The average Bonchev–Trinajstić information content (AvgIpc) is 3.28. The van der Waals surface area contributed by atoms with Gasteiger partial charge in [0.25, 0.3) is 0 Å². The predicted octanol–water partition coefficient (Wildman–Crippen LogP) is 12.0. The summed E-state index contributed by atoms with van der Waals surface area (Å²) in [6.45, 7) is 3.74. The number of hydrogen-bond donors (Lipinski definition) is 6. The molecule has 1 amide bonds. The summed E-state index contributed by atoms with van der Waals surface area (Å²) in [5, 5.41) is 54.3. The van der Waals surface area contributed by atoms with Gasteiger partial charge in [0.15, 0.2) is 6.29 Å². The van der Waals surface area contributed by atoms with E-state index in [-0.39, 0.29) is 12.5 Å². The van der Waals surface area contributed by atoms with Crippen LogP contribution in [0.25, 0.3) is 0 Å². The van der Waals surface area contributed by atoms with Gasteiger partial charge in [-0.25, -0.2) is 0 Å². The van der Waals surface area contributed by atoms with Crippen LogP contribution in [-0.2, 0) is 14.3 Å². The van der Waals surface area contributed by atoms with E-state index in [1.54, 1.807) is 6.08 Å². The molecular weight excluding hydrogens is 791 g/mol. The molecule has 1 heterocycles. The Bertz CT molecular complexity index is 1170. The van der Waals surface area contributed by atoms with Crippen molar-refractivity contribution >= 4 is 5.91 Å². The second-order valence-corrected chi connectivity index (χ2v) is 18.0. The minimum Gasteiger partial charge on any atom is -0.394 e. The number of carbonyl (C=O) groups excluding carboxylic acids is 1. The van der Waals surface area contributed by atoms with Crippen molar-refractivity contribution in [1.29, 1.82) is 0 Å². The van der Waals surface area contributed by atoms with Crippen molar-refractivity contribution < 1.29 is 39.8 Å². The summed E-state index contributed by atoms with van der Waals surface area (Å²) >= 11 is 0. The zero-order chi connectivity index (χ0) is 45.9. The SMILES string of the molecule is CCCCCCC/C=C\C/C=C\C/C=C\CCCCCCCCCCC(=O)NC(COC1OC(CO)C(O)C(O)C1O)C(O)/C=C/CC/C=C/CCCCCCCCCCCCC. The molecule has 366 valence electrons. The Morgan fingerprint density at radius 2 is 0.952 bits per heavy atom. The maximum atomic E-state index is 13.0. The standard InChI is InChI=1S/C54H97NO8/c1-3-5-7-9-11-13-15-17-19-21-22-23-24-25-26-28-30-32-34-36-38-40-42-44-50(58)55-47(46-62-54-53(61)52(60)51(59)49(45-56)63-54)48(57)43-41-39-37-35-33-31-29-27-20-18-16-14-12-10-8-6-4-2/h15,17,21-22,24-25,33,35,41,43,47-49,51-54,56-57,59-61H,3-14,16,18-20,23,26-32,34,36-40,42,44-46H2,1-2H3,(H,55,58)/b17-15-,22-21-,25-24-,35-33+,43-41+. The van der Waals surface area contributed by atoms with E-state index in [2.05, 4.69) is 67.8 Å². The van der Waals surface area contributed by atoms with Crippen LogP contribution in [0.3, 0.4) is 0 Å². The summed E-state index contributed by atoms with van der Waals surface area (Å²) in [5.41, 5.74) is 0. The van der Waals surface area contributed by atoms with Crippen LogP contribution in [0.1, 0.15) is 219 Å².